The Bertz CT molecular complexity index is 757. The second-order valence-corrected chi connectivity index (χ2v) is 6.37. The van der Waals surface area contributed by atoms with Gasteiger partial charge in [0.2, 0.25) is 5.91 Å². The number of H-pyrrole nitrogens is 1. The summed E-state index contributed by atoms with van der Waals surface area (Å²) in [6.07, 6.45) is 0. The van der Waals surface area contributed by atoms with Gasteiger partial charge in [0.1, 0.15) is 5.82 Å². The molecule has 1 unspecified atom stereocenters. The first-order valence-corrected chi connectivity index (χ1v) is 7.65. The number of nitrogen functional groups attached to an aromatic ring is 1. The number of thioether (sulfide) groups is 1. The van der Waals surface area contributed by atoms with E-state index < -0.39 is 5.25 Å². The van der Waals surface area contributed by atoms with E-state index in [0.29, 0.717) is 5.16 Å². The molecule has 22 heavy (non-hydrogen) atoms. The molecule has 2 rings (SSSR count). The molecule has 0 fully saturated rings. The van der Waals surface area contributed by atoms with Crippen LogP contribution in [0.5, 0.6) is 0 Å². The van der Waals surface area contributed by atoms with Gasteiger partial charge in [0.15, 0.2) is 5.16 Å². The second-order valence-electron chi connectivity index (χ2n) is 5.04. The van der Waals surface area contributed by atoms with Gasteiger partial charge >= 0.3 is 0 Å². The van der Waals surface area contributed by atoms with E-state index in [9.17, 15) is 9.59 Å². The molecule has 0 saturated heterocycles. The van der Waals surface area contributed by atoms with E-state index in [4.69, 9.17) is 5.73 Å². The highest BCUT2D eigenvalue weighted by Gasteiger charge is 2.17. The van der Waals surface area contributed by atoms with Crippen LogP contribution in [0.1, 0.15) is 18.1 Å². The molecule has 1 aromatic carbocycles. The summed E-state index contributed by atoms with van der Waals surface area (Å²) in [4.78, 5) is 30.1. The molecule has 6 nitrogen and oxygen atoms in total. The summed E-state index contributed by atoms with van der Waals surface area (Å²) in [5.74, 6) is -0.0322. The molecule has 4 N–H and O–H groups in total. The predicted octanol–water partition coefficient (Wildman–Crippen LogP) is 2.09. The molecular weight excluding hydrogens is 300 g/mol. The molecule has 1 aromatic heterocycles. The van der Waals surface area contributed by atoms with Gasteiger partial charge in [-0.25, -0.2) is 4.98 Å². The number of nitrogens with two attached hydrogens (primary N) is 1. The number of hydrogen-bond donors (Lipinski definition) is 3. The smallest absolute Gasteiger partial charge is 0.253 e. The number of nitrogens with zero attached hydrogens (tertiary/aromatic N) is 1. The van der Waals surface area contributed by atoms with Crippen LogP contribution in [0.15, 0.2) is 34.2 Å². The molecular formula is C15H18N4O2S. The summed E-state index contributed by atoms with van der Waals surface area (Å²) in [6, 6.07) is 7.02. The van der Waals surface area contributed by atoms with Gasteiger partial charge in [0, 0.05) is 11.8 Å². The zero-order chi connectivity index (χ0) is 16.3. The minimum atomic E-state index is -0.425. The van der Waals surface area contributed by atoms with Crippen molar-refractivity contribution in [2.45, 2.75) is 31.2 Å². The van der Waals surface area contributed by atoms with Crippen LogP contribution >= 0.6 is 11.8 Å². The zero-order valence-corrected chi connectivity index (χ0v) is 13.5. The number of aromatic amines is 1. The van der Waals surface area contributed by atoms with Gasteiger partial charge in [0.05, 0.1) is 5.25 Å². The van der Waals surface area contributed by atoms with Crippen LogP contribution in [0.2, 0.25) is 0 Å². The predicted molar refractivity (Wildman–Crippen MR) is 89.1 cm³/mol. The third-order valence-corrected chi connectivity index (χ3v) is 4.02. The van der Waals surface area contributed by atoms with Crippen molar-refractivity contribution in [1.82, 2.24) is 9.97 Å². The summed E-state index contributed by atoms with van der Waals surface area (Å²) in [5, 5.41) is 2.78. The molecule has 0 bridgehead atoms. The average Bonchev–Trinajstić information content (AvgIpc) is 2.40. The average molecular weight is 318 g/mol. The number of aromatic nitrogens is 2. The van der Waals surface area contributed by atoms with Crippen molar-refractivity contribution in [3.8, 4) is 0 Å². The number of nitrogens with one attached hydrogen (secondary N) is 2. The molecule has 0 aliphatic rings. The minimum Gasteiger partial charge on any atom is -0.383 e. The summed E-state index contributed by atoms with van der Waals surface area (Å²) in [5.41, 5.74) is 8.10. The molecule has 0 radical (unpaired) electrons. The highest BCUT2D eigenvalue weighted by Crippen LogP contribution is 2.22. The van der Waals surface area contributed by atoms with Crippen LogP contribution in [-0.2, 0) is 4.79 Å². The van der Waals surface area contributed by atoms with E-state index in [2.05, 4.69) is 15.3 Å². The van der Waals surface area contributed by atoms with Gasteiger partial charge in [-0.1, -0.05) is 29.5 Å². The number of amides is 1. The van der Waals surface area contributed by atoms with Crippen LogP contribution < -0.4 is 16.6 Å². The standard InChI is InChI=1S/C15H18N4O2S/c1-8-4-5-11(9(2)6-8)17-14(21)10(3)22-15-18-12(16)7-13(20)19-15/h4-7,10H,1-3H3,(H,17,21)(H3,16,18,19,20). The van der Waals surface area contributed by atoms with Crippen LogP contribution in [0.3, 0.4) is 0 Å². The SMILES string of the molecule is Cc1ccc(NC(=O)C(C)Sc2nc(N)cc(=O)[nH]2)c(C)c1. The number of rotatable bonds is 4. The highest BCUT2D eigenvalue weighted by molar-refractivity contribution is 8.00. The van der Waals surface area contributed by atoms with Crippen molar-refractivity contribution in [2.75, 3.05) is 11.1 Å². The van der Waals surface area contributed by atoms with E-state index in [-0.39, 0.29) is 17.3 Å². The Hall–Kier alpha value is -2.28. The fourth-order valence-corrected chi connectivity index (χ4v) is 2.74. The van der Waals surface area contributed by atoms with Gasteiger partial charge < -0.3 is 16.0 Å². The Balaban J connectivity index is 2.07. The first-order valence-electron chi connectivity index (χ1n) is 6.77. The molecule has 1 amide bonds. The molecule has 0 aliphatic heterocycles. The fraction of sp³-hybridized carbons (Fsp3) is 0.267. The second kappa shape index (κ2) is 6.65. The molecule has 0 spiro atoms. The molecule has 1 atom stereocenters. The summed E-state index contributed by atoms with van der Waals surface area (Å²) in [7, 11) is 0. The maximum absolute atomic E-state index is 12.2. The van der Waals surface area contributed by atoms with E-state index >= 15 is 0 Å². The Morgan fingerprint density at radius 1 is 1.36 bits per heavy atom. The third-order valence-electron chi connectivity index (χ3n) is 3.04. The quantitative estimate of drug-likeness (QED) is 0.592. The van der Waals surface area contributed by atoms with Crippen LogP contribution in [-0.4, -0.2) is 21.1 Å². The molecule has 2 aromatic rings. The normalized spacial score (nSPS) is 12.0. The van der Waals surface area contributed by atoms with Crippen molar-refractivity contribution in [3.05, 3.63) is 45.7 Å². The van der Waals surface area contributed by atoms with Crippen molar-refractivity contribution in [1.29, 1.82) is 0 Å². The number of carbonyl (C=O) groups excluding carboxylic acids is 1. The molecule has 0 aliphatic carbocycles. The number of aryl methyl sites for hydroxylation is 2. The minimum absolute atomic E-state index is 0.133. The van der Waals surface area contributed by atoms with Gasteiger partial charge in [-0.2, -0.15) is 0 Å². The van der Waals surface area contributed by atoms with Crippen LogP contribution in [0, 0.1) is 13.8 Å². The lowest BCUT2D eigenvalue weighted by Crippen LogP contribution is -2.23. The van der Waals surface area contributed by atoms with Crippen LogP contribution in [0.4, 0.5) is 11.5 Å². The first-order chi connectivity index (χ1) is 10.3. The number of hydrogen-bond acceptors (Lipinski definition) is 5. The third kappa shape index (κ3) is 4.11. The summed E-state index contributed by atoms with van der Waals surface area (Å²) in [6.45, 7) is 5.68. The lowest BCUT2D eigenvalue weighted by molar-refractivity contribution is -0.115. The molecule has 1 heterocycles. The summed E-state index contributed by atoms with van der Waals surface area (Å²) >= 11 is 1.15. The Morgan fingerprint density at radius 2 is 2.09 bits per heavy atom. The monoisotopic (exact) mass is 318 g/mol. The maximum Gasteiger partial charge on any atom is 0.253 e. The Labute approximate surface area is 132 Å². The van der Waals surface area contributed by atoms with Crippen LogP contribution in [0.25, 0.3) is 0 Å². The summed E-state index contributed by atoms with van der Waals surface area (Å²) < 4.78 is 0. The van der Waals surface area contributed by atoms with Crippen molar-refractivity contribution >= 4 is 29.2 Å². The van der Waals surface area contributed by atoms with E-state index in [1.165, 1.54) is 6.07 Å². The highest BCUT2D eigenvalue weighted by atomic mass is 32.2. The van der Waals surface area contributed by atoms with E-state index in [0.717, 1.165) is 28.6 Å². The zero-order valence-electron chi connectivity index (χ0n) is 12.6. The van der Waals surface area contributed by atoms with Crippen molar-refractivity contribution < 1.29 is 4.79 Å². The van der Waals surface area contributed by atoms with E-state index in [1.807, 2.05) is 32.0 Å². The number of carbonyl (C=O) groups is 1. The first kappa shape index (κ1) is 16.1. The number of benzene rings is 1. The molecule has 116 valence electrons. The maximum atomic E-state index is 12.2. The Morgan fingerprint density at radius 3 is 2.73 bits per heavy atom. The van der Waals surface area contributed by atoms with Crippen molar-refractivity contribution in [3.63, 3.8) is 0 Å². The molecule has 7 heteroatoms. The fourth-order valence-electron chi connectivity index (χ4n) is 1.92. The topological polar surface area (TPSA) is 101 Å². The molecule has 0 saturated carbocycles. The van der Waals surface area contributed by atoms with Gasteiger partial charge in [-0.05, 0) is 32.4 Å². The van der Waals surface area contributed by atoms with Gasteiger partial charge in [-0.15, -0.1) is 0 Å². The van der Waals surface area contributed by atoms with Gasteiger partial charge in [-0.3, -0.25) is 9.59 Å². The lowest BCUT2D eigenvalue weighted by Gasteiger charge is -2.13. The lowest BCUT2D eigenvalue weighted by atomic mass is 10.1. The number of anilines is 2. The largest absolute Gasteiger partial charge is 0.383 e. The Kier molecular flexibility index (Phi) is 4.87. The van der Waals surface area contributed by atoms with E-state index in [1.54, 1.807) is 6.92 Å². The van der Waals surface area contributed by atoms with Crippen molar-refractivity contribution in [2.24, 2.45) is 0 Å². The van der Waals surface area contributed by atoms with Gasteiger partial charge in [0.25, 0.3) is 5.56 Å².